The number of carbonyl (C=O) groups is 1. The Hall–Kier alpha value is -2.62. The Balaban J connectivity index is 0.00000400. The molecule has 0 spiro atoms. The van der Waals surface area contributed by atoms with Gasteiger partial charge in [0.15, 0.2) is 0 Å². The molecule has 13 nitrogen and oxygen atoms in total. The minimum absolute atomic E-state index is 0. The second-order valence-corrected chi connectivity index (χ2v) is 11.9. The Morgan fingerprint density at radius 2 is 1.68 bits per heavy atom. The van der Waals surface area contributed by atoms with Crippen molar-refractivity contribution in [1.82, 2.24) is 29.4 Å². The van der Waals surface area contributed by atoms with E-state index in [1.54, 1.807) is 0 Å². The maximum atomic E-state index is 13.2. The van der Waals surface area contributed by atoms with Gasteiger partial charge in [-0.3, -0.25) is 4.79 Å². The monoisotopic (exact) mass is 583 g/mol. The van der Waals surface area contributed by atoms with E-state index in [1.807, 2.05) is 0 Å². The summed E-state index contributed by atoms with van der Waals surface area (Å²) < 4.78 is 62.4. The second kappa shape index (κ2) is 12.1. The van der Waals surface area contributed by atoms with E-state index in [0.717, 1.165) is 23.9 Å². The average molecular weight is 584 g/mol. The molecule has 1 aliphatic rings. The van der Waals surface area contributed by atoms with E-state index >= 15 is 0 Å². The van der Waals surface area contributed by atoms with Crippen molar-refractivity contribution in [1.29, 1.82) is 0 Å². The van der Waals surface area contributed by atoms with Crippen LogP contribution in [0.15, 0.2) is 75.0 Å². The molecule has 0 saturated carbocycles. The van der Waals surface area contributed by atoms with Crippen LogP contribution in [0.3, 0.4) is 0 Å². The first-order valence-corrected chi connectivity index (χ1v) is 14.2. The van der Waals surface area contributed by atoms with Crippen LogP contribution in [0.25, 0.3) is 10.5 Å². The van der Waals surface area contributed by atoms with Crippen molar-refractivity contribution in [3.8, 4) is 5.69 Å². The molecule has 0 aliphatic carbocycles. The van der Waals surface area contributed by atoms with Crippen LogP contribution >= 0.6 is 11.8 Å². The number of nitrogens with zero attached hydrogens (tertiary/aromatic N) is 7. The summed E-state index contributed by atoms with van der Waals surface area (Å²) in [6, 6.07) is 9.12. The number of carbonyl (C=O) groups excluding carboxylic acids is 1. The van der Waals surface area contributed by atoms with Crippen molar-refractivity contribution in [2.45, 2.75) is 19.8 Å². The molecule has 0 radical (unpaired) electrons. The number of amides is 1. The third-order valence-electron chi connectivity index (χ3n) is 5.43. The molecule has 1 fully saturated rings. The summed E-state index contributed by atoms with van der Waals surface area (Å²) in [4.78, 5) is 16.7. The van der Waals surface area contributed by atoms with Gasteiger partial charge in [0, 0.05) is 31.1 Å². The van der Waals surface area contributed by atoms with Gasteiger partial charge in [-0.1, -0.05) is 24.4 Å². The maximum Gasteiger partial charge on any atom is 1.00 e. The van der Waals surface area contributed by atoms with E-state index in [1.165, 1.54) is 50.3 Å². The standard InChI is InChI=1S/C21H19N7O6S3.Na/c1-3-20(29)26-10-12-27(13-11-26)36(30,31)17-8-9-19(18(14-17)22-2)35-21-23-24-25-28(21)15-4-6-16(7-5-15)37(32,33)34;/h3-9,14H,1,10-13H2,(H,32,33,34);/q;+1/p-1. The van der Waals surface area contributed by atoms with Crippen molar-refractivity contribution in [2.24, 2.45) is 0 Å². The second-order valence-electron chi connectivity index (χ2n) is 7.60. The summed E-state index contributed by atoms with van der Waals surface area (Å²) in [5.74, 6) is -0.262. The fraction of sp³-hybridized carbons (Fsp3) is 0.190. The third-order valence-corrected chi connectivity index (χ3v) is 9.17. The number of hydrogen-bond donors (Lipinski definition) is 0. The number of aromatic nitrogens is 4. The van der Waals surface area contributed by atoms with Crippen LogP contribution in [0.2, 0.25) is 0 Å². The number of hydrogen-bond acceptors (Lipinski definition) is 10. The van der Waals surface area contributed by atoms with Crippen LogP contribution in [0.4, 0.5) is 5.69 Å². The summed E-state index contributed by atoms with van der Waals surface area (Å²) in [7, 11) is -8.51. The molecule has 2 aromatic carbocycles. The first-order valence-electron chi connectivity index (χ1n) is 10.5. The van der Waals surface area contributed by atoms with E-state index in [-0.39, 0.29) is 77.4 Å². The predicted octanol–water partition coefficient (Wildman–Crippen LogP) is -1.71. The van der Waals surface area contributed by atoms with Gasteiger partial charge in [0.05, 0.1) is 22.1 Å². The molecule has 38 heavy (non-hydrogen) atoms. The maximum absolute atomic E-state index is 13.2. The van der Waals surface area contributed by atoms with E-state index in [4.69, 9.17) is 6.57 Å². The SMILES string of the molecule is [C-]#[N+]c1cc(S(=O)(=O)N2CCN(C(=O)C=C)CC2)ccc1Sc1nnnn1-c1ccc(S(=O)(=O)[O-])cc1.[Na+]. The zero-order valence-corrected chi connectivity index (χ0v) is 24.4. The molecule has 0 atom stereocenters. The minimum Gasteiger partial charge on any atom is -0.744 e. The van der Waals surface area contributed by atoms with Crippen molar-refractivity contribution < 1.29 is 55.7 Å². The van der Waals surface area contributed by atoms with Crippen molar-refractivity contribution in [3.05, 3.63) is 66.5 Å². The van der Waals surface area contributed by atoms with E-state index in [2.05, 4.69) is 26.9 Å². The predicted molar refractivity (Wildman–Crippen MR) is 129 cm³/mol. The largest absolute Gasteiger partial charge is 1.00 e. The van der Waals surface area contributed by atoms with Gasteiger partial charge in [-0.25, -0.2) is 21.7 Å². The number of sulfonamides is 1. The molecule has 1 saturated heterocycles. The molecule has 0 unspecified atom stereocenters. The summed E-state index contributed by atoms with van der Waals surface area (Å²) in [6.07, 6.45) is 1.19. The molecule has 1 aromatic heterocycles. The molecule has 0 bridgehead atoms. The van der Waals surface area contributed by atoms with Crippen LogP contribution in [-0.2, 0) is 24.9 Å². The number of tetrazole rings is 1. The molecule has 2 heterocycles. The quantitative estimate of drug-likeness (QED) is 0.135. The van der Waals surface area contributed by atoms with Gasteiger partial charge in [0.2, 0.25) is 26.8 Å². The fourth-order valence-corrected chi connectivity index (χ4v) is 6.28. The molecule has 17 heteroatoms. The molecule has 4 rings (SSSR count). The fourth-order valence-electron chi connectivity index (χ4n) is 3.52. The van der Waals surface area contributed by atoms with Crippen LogP contribution in [-0.4, -0.2) is 82.9 Å². The number of rotatable bonds is 7. The topological polar surface area (TPSA) is 163 Å². The van der Waals surface area contributed by atoms with Crippen LogP contribution in [0, 0.1) is 6.57 Å². The first kappa shape index (κ1) is 29.9. The molecule has 1 amide bonds. The zero-order valence-electron chi connectivity index (χ0n) is 20.0. The van der Waals surface area contributed by atoms with Gasteiger partial charge in [0.1, 0.15) is 10.1 Å². The van der Waals surface area contributed by atoms with Crippen LogP contribution in [0.5, 0.6) is 0 Å². The van der Waals surface area contributed by atoms with Gasteiger partial charge < -0.3 is 9.45 Å². The van der Waals surface area contributed by atoms with E-state index in [9.17, 15) is 26.2 Å². The Labute approximate surface area is 245 Å². The minimum atomic E-state index is -4.61. The Morgan fingerprint density at radius 3 is 2.26 bits per heavy atom. The van der Waals surface area contributed by atoms with E-state index < -0.39 is 25.0 Å². The summed E-state index contributed by atoms with van der Waals surface area (Å²) in [6.45, 7) is 11.7. The normalized spacial score (nSPS) is 14.4. The van der Waals surface area contributed by atoms with Crippen molar-refractivity contribution in [3.63, 3.8) is 0 Å². The number of benzene rings is 2. The Bertz CT molecular complexity index is 1610. The molecule has 192 valence electrons. The molecule has 1 aliphatic heterocycles. The number of piperazine rings is 1. The Kier molecular flexibility index (Phi) is 9.49. The summed E-state index contributed by atoms with van der Waals surface area (Å²) in [5.41, 5.74) is 0.437. The van der Waals surface area contributed by atoms with E-state index in [0.29, 0.717) is 10.6 Å². The van der Waals surface area contributed by atoms with Crippen molar-refractivity contribution in [2.75, 3.05) is 26.2 Å². The average Bonchev–Trinajstić information content (AvgIpc) is 3.36. The molecular weight excluding hydrogens is 565 g/mol. The first-order chi connectivity index (χ1) is 17.5. The zero-order chi connectivity index (χ0) is 26.8. The van der Waals surface area contributed by atoms with Gasteiger partial charge >= 0.3 is 29.6 Å². The van der Waals surface area contributed by atoms with Gasteiger partial charge in [0.25, 0.3) is 0 Å². The van der Waals surface area contributed by atoms with Gasteiger partial charge in [-0.05, 0) is 52.9 Å². The van der Waals surface area contributed by atoms with Gasteiger partial charge in [-0.2, -0.15) is 8.99 Å². The van der Waals surface area contributed by atoms with Crippen molar-refractivity contribution >= 4 is 43.5 Å². The molecule has 3 aromatic rings. The molecular formula is C21H18N7NaO6S3. The smallest absolute Gasteiger partial charge is 0.744 e. The molecule has 0 N–H and O–H groups in total. The van der Waals surface area contributed by atoms with Crippen LogP contribution < -0.4 is 29.6 Å². The van der Waals surface area contributed by atoms with Crippen LogP contribution in [0.1, 0.15) is 0 Å². The third kappa shape index (κ3) is 6.33. The van der Waals surface area contributed by atoms with Gasteiger partial charge in [-0.15, -0.1) is 5.10 Å². The summed E-state index contributed by atoms with van der Waals surface area (Å²) in [5, 5.41) is 11.6. The summed E-state index contributed by atoms with van der Waals surface area (Å²) >= 11 is 1.01. The Morgan fingerprint density at radius 1 is 1.05 bits per heavy atom.